The number of hydrazone groups is 1. The second kappa shape index (κ2) is 6.07. The number of hydrogen-bond acceptors (Lipinski definition) is 4. The van der Waals surface area contributed by atoms with Crippen molar-refractivity contribution in [1.29, 1.82) is 0 Å². The highest BCUT2D eigenvalue weighted by atomic mass is 32.1. The predicted octanol–water partition coefficient (Wildman–Crippen LogP) is 1.24. The van der Waals surface area contributed by atoms with Gasteiger partial charge in [0.05, 0.1) is 11.2 Å². The predicted molar refractivity (Wildman–Crippen MR) is 69.7 cm³/mol. The summed E-state index contributed by atoms with van der Waals surface area (Å²) in [6.07, 6.45) is 0. The molecule has 2 rings (SSSR count). The number of benzene rings is 1. The minimum atomic E-state index is 0.303. The van der Waals surface area contributed by atoms with Gasteiger partial charge in [-0.05, 0) is 12.1 Å². The largest absolute Gasteiger partial charge is 0.507 e. The number of nitrogens with zero attached hydrogens (tertiary/aromatic N) is 1. The molecule has 1 heterocycles. The van der Waals surface area contributed by atoms with Crippen molar-refractivity contribution in [3.05, 3.63) is 29.8 Å². The highest BCUT2D eigenvalue weighted by Gasteiger charge is 2.19. The first-order valence-corrected chi connectivity index (χ1v) is 5.42. The van der Waals surface area contributed by atoms with E-state index in [-0.39, 0.29) is 0 Å². The molecule has 0 amide bonds. The molecule has 0 radical (unpaired) electrons. The maximum atomic E-state index is 9.58. The van der Waals surface area contributed by atoms with Crippen LogP contribution in [0.5, 0.6) is 5.75 Å². The third-order valence-corrected chi connectivity index (χ3v) is 2.24. The van der Waals surface area contributed by atoms with E-state index in [1.54, 1.807) is 6.07 Å². The maximum absolute atomic E-state index is 9.58. The van der Waals surface area contributed by atoms with Crippen molar-refractivity contribution in [2.24, 2.45) is 16.8 Å². The molecule has 4 nitrogen and oxygen atoms in total. The summed E-state index contributed by atoms with van der Waals surface area (Å²) in [6.45, 7) is 2.94. The second-order valence-electron chi connectivity index (χ2n) is 3.41. The Morgan fingerprint density at radius 1 is 1.56 bits per heavy atom. The van der Waals surface area contributed by atoms with Gasteiger partial charge in [0.2, 0.25) is 0 Å². The van der Waals surface area contributed by atoms with Crippen molar-refractivity contribution in [3.8, 4) is 5.75 Å². The third kappa shape index (κ3) is 2.93. The van der Waals surface area contributed by atoms with Crippen LogP contribution in [0.1, 0.15) is 12.5 Å². The molecule has 1 atom stereocenters. The highest BCUT2D eigenvalue weighted by molar-refractivity contribution is 7.78. The molecule has 1 aliphatic rings. The minimum absolute atomic E-state index is 0.303. The Morgan fingerprint density at radius 2 is 2.19 bits per heavy atom. The first-order valence-electron chi connectivity index (χ1n) is 4.95. The van der Waals surface area contributed by atoms with E-state index in [9.17, 15) is 5.11 Å². The fraction of sp³-hybridized carbons (Fsp3) is 0.273. The summed E-state index contributed by atoms with van der Waals surface area (Å²) >= 11 is 4.05. The fourth-order valence-corrected chi connectivity index (χ4v) is 1.49. The number of thiocarbonyl (C=S) groups is 1. The zero-order valence-electron chi connectivity index (χ0n) is 9.05. The van der Waals surface area contributed by atoms with Crippen LogP contribution in [-0.4, -0.2) is 22.9 Å². The van der Waals surface area contributed by atoms with Gasteiger partial charge in [0.25, 0.3) is 0 Å². The molecule has 16 heavy (non-hydrogen) atoms. The van der Waals surface area contributed by atoms with E-state index in [0.717, 1.165) is 23.3 Å². The van der Waals surface area contributed by atoms with Crippen LogP contribution in [0.3, 0.4) is 0 Å². The summed E-state index contributed by atoms with van der Waals surface area (Å²) in [7, 11) is 0. The number of hydrogen-bond donors (Lipinski definition) is 3. The third-order valence-electron chi connectivity index (χ3n) is 2.24. The lowest BCUT2D eigenvalue weighted by atomic mass is 9.99. The molecule has 5 heteroatoms. The summed E-state index contributed by atoms with van der Waals surface area (Å²) in [4.78, 5) is 0. The topological polar surface area (TPSA) is 70.6 Å². The van der Waals surface area contributed by atoms with Crippen LogP contribution in [0.15, 0.2) is 29.4 Å². The molecule has 0 aliphatic carbocycles. The smallest absolute Gasteiger partial charge is 0.124 e. The van der Waals surface area contributed by atoms with Gasteiger partial charge >= 0.3 is 0 Å². The van der Waals surface area contributed by atoms with Crippen LogP contribution < -0.4 is 11.2 Å². The lowest BCUT2D eigenvalue weighted by molar-refractivity contribution is 0.474. The Bertz CT molecular complexity index is 393. The normalized spacial score (nSPS) is 17.8. The van der Waals surface area contributed by atoms with Crippen LogP contribution in [-0.2, 0) is 0 Å². The lowest BCUT2D eigenvalue weighted by Gasteiger charge is -2.06. The molecule has 0 bridgehead atoms. The van der Waals surface area contributed by atoms with E-state index >= 15 is 0 Å². The highest BCUT2D eigenvalue weighted by Crippen LogP contribution is 2.21. The average Bonchev–Trinajstić information content (AvgIpc) is 2.66. The molecular formula is C11H15N3OS. The van der Waals surface area contributed by atoms with E-state index in [1.807, 2.05) is 18.2 Å². The van der Waals surface area contributed by atoms with Gasteiger partial charge in [-0.25, -0.2) is 0 Å². The van der Waals surface area contributed by atoms with Gasteiger partial charge in [0, 0.05) is 18.0 Å². The summed E-state index contributed by atoms with van der Waals surface area (Å²) in [5.74, 6) is 0.671. The van der Waals surface area contributed by atoms with Gasteiger partial charge in [-0.3, -0.25) is 0 Å². The summed E-state index contributed by atoms with van der Waals surface area (Å²) in [5.41, 5.74) is 10.3. The van der Waals surface area contributed by atoms with Gasteiger partial charge in [0.1, 0.15) is 5.75 Å². The summed E-state index contributed by atoms with van der Waals surface area (Å²) in [6, 6.07) is 7.29. The van der Waals surface area contributed by atoms with Crippen molar-refractivity contribution in [1.82, 2.24) is 5.43 Å². The first kappa shape index (κ1) is 12.4. The van der Waals surface area contributed by atoms with Crippen LogP contribution in [0, 0.1) is 5.92 Å². The van der Waals surface area contributed by atoms with E-state index in [4.69, 9.17) is 0 Å². The SMILES string of the molecule is CC1CNN=C1c1ccccc1O.NC=S. The Hall–Kier alpha value is -1.62. The van der Waals surface area contributed by atoms with Gasteiger partial charge in [0.15, 0.2) is 0 Å². The van der Waals surface area contributed by atoms with Crippen molar-refractivity contribution in [3.63, 3.8) is 0 Å². The molecule has 0 fully saturated rings. The first-order chi connectivity index (χ1) is 7.70. The molecule has 0 saturated carbocycles. The van der Waals surface area contributed by atoms with E-state index < -0.39 is 0 Å². The van der Waals surface area contributed by atoms with E-state index in [0.29, 0.717) is 11.7 Å². The molecule has 1 aromatic carbocycles. The molecule has 0 aromatic heterocycles. The minimum Gasteiger partial charge on any atom is -0.507 e. The van der Waals surface area contributed by atoms with E-state index in [1.165, 1.54) is 0 Å². The monoisotopic (exact) mass is 237 g/mol. The number of phenols is 1. The number of nitrogens with two attached hydrogens (primary N) is 1. The van der Waals surface area contributed by atoms with Crippen LogP contribution >= 0.6 is 12.2 Å². The molecule has 0 spiro atoms. The zero-order chi connectivity index (χ0) is 12.0. The number of nitrogens with one attached hydrogen (secondary N) is 1. The molecule has 86 valence electrons. The Balaban J connectivity index is 0.000000386. The van der Waals surface area contributed by atoms with Gasteiger partial charge < -0.3 is 16.3 Å². The standard InChI is InChI=1S/C10H12N2O.CH3NS/c1-7-6-11-12-10(7)8-4-2-3-5-9(8)13;2-1-3/h2-5,7,11,13H,6H2,1H3;1H,(H2,2,3). The van der Waals surface area contributed by atoms with Gasteiger partial charge in [-0.2, -0.15) is 5.10 Å². The molecule has 1 unspecified atom stereocenters. The zero-order valence-corrected chi connectivity index (χ0v) is 9.87. The Labute approximate surface area is 100 Å². The van der Waals surface area contributed by atoms with E-state index in [2.05, 4.69) is 35.4 Å². The van der Waals surface area contributed by atoms with Crippen LogP contribution in [0.25, 0.3) is 0 Å². The molecule has 1 aliphatic heterocycles. The summed E-state index contributed by atoms with van der Waals surface area (Å²) in [5, 5.41) is 13.7. The van der Waals surface area contributed by atoms with Gasteiger partial charge in [-0.15, -0.1) is 0 Å². The fourth-order valence-electron chi connectivity index (χ4n) is 1.49. The molecule has 1 aromatic rings. The lowest BCUT2D eigenvalue weighted by Crippen LogP contribution is -2.12. The van der Waals surface area contributed by atoms with Crippen molar-refractivity contribution in [2.75, 3.05) is 6.54 Å². The number of aromatic hydroxyl groups is 1. The quantitative estimate of drug-likeness (QED) is 0.643. The Kier molecular flexibility index (Phi) is 4.72. The van der Waals surface area contributed by atoms with Crippen molar-refractivity contribution in [2.45, 2.75) is 6.92 Å². The van der Waals surface area contributed by atoms with Gasteiger partial charge in [-0.1, -0.05) is 31.3 Å². The number of phenolic OH excluding ortho intramolecular Hbond substituents is 1. The second-order valence-corrected chi connectivity index (χ2v) is 3.69. The number of rotatable bonds is 1. The number of para-hydroxylation sites is 1. The van der Waals surface area contributed by atoms with Crippen LogP contribution in [0.4, 0.5) is 0 Å². The van der Waals surface area contributed by atoms with Crippen molar-refractivity contribution >= 4 is 23.4 Å². The average molecular weight is 237 g/mol. The Morgan fingerprint density at radius 3 is 2.69 bits per heavy atom. The molecule has 4 N–H and O–H groups in total. The van der Waals surface area contributed by atoms with Crippen molar-refractivity contribution < 1.29 is 5.11 Å². The van der Waals surface area contributed by atoms with Crippen LogP contribution in [0.2, 0.25) is 0 Å². The molecule has 0 saturated heterocycles. The maximum Gasteiger partial charge on any atom is 0.124 e. The summed E-state index contributed by atoms with van der Waals surface area (Å²) < 4.78 is 0. The molecular weight excluding hydrogens is 222 g/mol.